The van der Waals surface area contributed by atoms with Crippen LogP contribution in [0.15, 0.2) is 29.4 Å². The Balaban J connectivity index is 1.42. The van der Waals surface area contributed by atoms with Crippen LogP contribution in [0.5, 0.6) is 0 Å². The van der Waals surface area contributed by atoms with Crippen molar-refractivity contribution in [1.82, 2.24) is 25.1 Å². The predicted molar refractivity (Wildman–Crippen MR) is 102 cm³/mol. The van der Waals surface area contributed by atoms with Gasteiger partial charge in [0, 0.05) is 17.6 Å². The number of tetrazole rings is 1. The summed E-state index contributed by atoms with van der Waals surface area (Å²) in [5, 5.41) is 13.2. The minimum absolute atomic E-state index is 0.206. The van der Waals surface area contributed by atoms with Crippen LogP contribution in [-0.4, -0.2) is 49.4 Å². The van der Waals surface area contributed by atoms with Crippen molar-refractivity contribution in [3.05, 3.63) is 29.3 Å². The number of benzene rings is 1. The van der Waals surface area contributed by atoms with E-state index in [1.807, 2.05) is 12.1 Å². The normalized spacial score (nSPS) is 22.9. The number of carbonyl (C=O) groups is 1. The van der Waals surface area contributed by atoms with E-state index < -0.39 is 0 Å². The third kappa shape index (κ3) is 3.74. The summed E-state index contributed by atoms with van der Waals surface area (Å²) >= 11 is 7.34. The van der Waals surface area contributed by atoms with Crippen LogP contribution >= 0.6 is 23.4 Å². The lowest BCUT2D eigenvalue weighted by Gasteiger charge is -2.44. The average molecular weight is 392 g/mol. The number of hydrogen-bond acceptors (Lipinski definition) is 5. The van der Waals surface area contributed by atoms with Gasteiger partial charge in [0.1, 0.15) is 0 Å². The van der Waals surface area contributed by atoms with Crippen LogP contribution in [-0.2, 0) is 4.79 Å². The lowest BCUT2D eigenvalue weighted by molar-refractivity contribution is -0.134. The van der Waals surface area contributed by atoms with Crippen LogP contribution < -0.4 is 0 Å². The van der Waals surface area contributed by atoms with Gasteiger partial charge >= 0.3 is 0 Å². The predicted octanol–water partition coefficient (Wildman–Crippen LogP) is 3.59. The van der Waals surface area contributed by atoms with Gasteiger partial charge in [-0.2, -0.15) is 4.68 Å². The SMILES string of the molecule is O=C(CSc1nnnn1-c1ccc(Cl)cc1)N1CCC[C@@H]2CCCC[C@@H]21. The number of halogens is 1. The molecule has 0 radical (unpaired) electrons. The summed E-state index contributed by atoms with van der Waals surface area (Å²) in [5.41, 5.74) is 0.833. The molecule has 0 bridgehead atoms. The van der Waals surface area contributed by atoms with Crippen molar-refractivity contribution in [3.63, 3.8) is 0 Å². The Morgan fingerprint density at radius 1 is 1.15 bits per heavy atom. The lowest BCUT2D eigenvalue weighted by atomic mass is 9.78. The summed E-state index contributed by atoms with van der Waals surface area (Å²) in [6.07, 6.45) is 7.39. The molecule has 2 heterocycles. The molecule has 1 aliphatic carbocycles. The number of fused-ring (bicyclic) bond motifs is 1. The van der Waals surface area contributed by atoms with Crippen LogP contribution in [0.4, 0.5) is 0 Å². The molecule has 26 heavy (non-hydrogen) atoms. The molecule has 2 fully saturated rings. The first-order chi connectivity index (χ1) is 12.7. The minimum Gasteiger partial charge on any atom is -0.339 e. The molecule has 0 unspecified atom stereocenters. The third-order valence-corrected chi connectivity index (χ3v) is 6.56. The molecular weight excluding hydrogens is 370 g/mol. The van der Waals surface area contributed by atoms with Gasteiger partial charge in [-0.25, -0.2) is 0 Å². The van der Waals surface area contributed by atoms with E-state index in [2.05, 4.69) is 20.4 Å². The third-order valence-electron chi connectivity index (χ3n) is 5.40. The van der Waals surface area contributed by atoms with Gasteiger partial charge in [-0.3, -0.25) is 4.79 Å². The van der Waals surface area contributed by atoms with Gasteiger partial charge in [0.2, 0.25) is 11.1 Å². The smallest absolute Gasteiger partial charge is 0.233 e. The zero-order chi connectivity index (χ0) is 17.9. The number of amides is 1. The number of rotatable bonds is 4. The fourth-order valence-corrected chi connectivity index (χ4v) is 5.06. The maximum absolute atomic E-state index is 12.9. The first kappa shape index (κ1) is 17.8. The molecule has 0 spiro atoms. The molecule has 1 aromatic carbocycles. The number of likely N-dealkylation sites (tertiary alicyclic amines) is 1. The Labute approximate surface area is 162 Å². The maximum atomic E-state index is 12.9. The largest absolute Gasteiger partial charge is 0.339 e. The number of piperidine rings is 1. The Hall–Kier alpha value is -1.60. The number of carbonyl (C=O) groups excluding carboxylic acids is 1. The Morgan fingerprint density at radius 2 is 1.92 bits per heavy atom. The molecular formula is C18H22ClN5OS. The van der Waals surface area contributed by atoms with E-state index in [1.165, 1.54) is 37.4 Å². The van der Waals surface area contributed by atoms with Gasteiger partial charge < -0.3 is 4.90 Å². The van der Waals surface area contributed by atoms with E-state index in [0.29, 0.717) is 27.9 Å². The maximum Gasteiger partial charge on any atom is 0.233 e. The van der Waals surface area contributed by atoms with Gasteiger partial charge in [-0.1, -0.05) is 36.2 Å². The van der Waals surface area contributed by atoms with Gasteiger partial charge in [0.15, 0.2) is 0 Å². The van der Waals surface area contributed by atoms with Crippen LogP contribution in [0.3, 0.4) is 0 Å². The summed E-state index contributed by atoms with van der Waals surface area (Å²) in [5.74, 6) is 1.28. The second kappa shape index (κ2) is 7.96. The number of thioether (sulfide) groups is 1. The van der Waals surface area contributed by atoms with Crippen LogP contribution in [0.25, 0.3) is 5.69 Å². The van der Waals surface area contributed by atoms with E-state index in [-0.39, 0.29) is 5.91 Å². The van der Waals surface area contributed by atoms with E-state index in [0.717, 1.165) is 25.1 Å². The molecule has 1 saturated carbocycles. The minimum atomic E-state index is 0.206. The average Bonchev–Trinajstić information content (AvgIpc) is 3.15. The highest BCUT2D eigenvalue weighted by atomic mass is 35.5. The van der Waals surface area contributed by atoms with Crippen molar-refractivity contribution >= 4 is 29.3 Å². The molecule has 1 aromatic heterocycles. The van der Waals surface area contributed by atoms with E-state index in [1.54, 1.807) is 16.8 Å². The van der Waals surface area contributed by atoms with E-state index >= 15 is 0 Å². The van der Waals surface area contributed by atoms with Crippen molar-refractivity contribution < 1.29 is 4.79 Å². The highest BCUT2D eigenvalue weighted by Crippen LogP contribution is 2.35. The highest BCUT2D eigenvalue weighted by Gasteiger charge is 2.35. The summed E-state index contributed by atoms with van der Waals surface area (Å²) < 4.78 is 1.65. The molecule has 2 atom stereocenters. The monoisotopic (exact) mass is 391 g/mol. The first-order valence-electron chi connectivity index (χ1n) is 9.19. The second-order valence-electron chi connectivity index (χ2n) is 6.98. The van der Waals surface area contributed by atoms with Gasteiger partial charge in [0.05, 0.1) is 11.4 Å². The van der Waals surface area contributed by atoms with E-state index in [9.17, 15) is 4.79 Å². The fourth-order valence-electron chi connectivity index (χ4n) is 4.16. The van der Waals surface area contributed by atoms with Crippen molar-refractivity contribution in [1.29, 1.82) is 0 Å². The zero-order valence-electron chi connectivity index (χ0n) is 14.6. The van der Waals surface area contributed by atoms with Crippen LogP contribution in [0, 0.1) is 5.92 Å². The molecule has 8 heteroatoms. The van der Waals surface area contributed by atoms with E-state index in [4.69, 9.17) is 11.6 Å². The molecule has 4 rings (SSSR count). The quantitative estimate of drug-likeness (QED) is 0.745. The highest BCUT2D eigenvalue weighted by molar-refractivity contribution is 7.99. The Kier molecular flexibility index (Phi) is 5.45. The van der Waals surface area contributed by atoms with Gasteiger partial charge in [-0.15, -0.1) is 5.10 Å². The summed E-state index contributed by atoms with van der Waals surface area (Å²) in [7, 11) is 0. The Bertz CT molecular complexity index is 763. The summed E-state index contributed by atoms with van der Waals surface area (Å²) in [4.78, 5) is 15.0. The van der Waals surface area contributed by atoms with Gasteiger partial charge in [-0.05, 0) is 66.3 Å². The Morgan fingerprint density at radius 3 is 2.77 bits per heavy atom. The zero-order valence-corrected chi connectivity index (χ0v) is 16.1. The van der Waals surface area contributed by atoms with Crippen LogP contribution in [0.1, 0.15) is 38.5 Å². The van der Waals surface area contributed by atoms with Gasteiger partial charge in [0.25, 0.3) is 0 Å². The molecule has 2 aromatic rings. The van der Waals surface area contributed by atoms with Crippen LogP contribution in [0.2, 0.25) is 5.02 Å². The first-order valence-corrected chi connectivity index (χ1v) is 10.6. The molecule has 1 aliphatic heterocycles. The molecule has 1 amide bonds. The van der Waals surface area contributed by atoms with Crippen molar-refractivity contribution in [3.8, 4) is 5.69 Å². The van der Waals surface area contributed by atoms with Crippen molar-refractivity contribution in [2.24, 2.45) is 5.92 Å². The number of aromatic nitrogens is 4. The molecule has 1 saturated heterocycles. The molecule has 6 nitrogen and oxygen atoms in total. The molecule has 2 aliphatic rings. The fraction of sp³-hybridized carbons (Fsp3) is 0.556. The lowest BCUT2D eigenvalue weighted by Crippen LogP contribution is -2.50. The topological polar surface area (TPSA) is 63.9 Å². The number of nitrogens with zero attached hydrogens (tertiary/aromatic N) is 5. The second-order valence-corrected chi connectivity index (χ2v) is 8.36. The van der Waals surface area contributed by atoms with Crippen molar-refractivity contribution in [2.75, 3.05) is 12.3 Å². The molecule has 0 N–H and O–H groups in total. The summed E-state index contributed by atoms with van der Waals surface area (Å²) in [6, 6.07) is 7.77. The molecule has 138 valence electrons. The number of hydrogen-bond donors (Lipinski definition) is 0. The van der Waals surface area contributed by atoms with Crippen molar-refractivity contribution in [2.45, 2.75) is 49.7 Å². The standard InChI is InChI=1S/C18H22ClN5OS/c19-14-7-9-15(10-8-14)24-18(20-21-22-24)26-12-17(25)23-11-3-5-13-4-1-2-6-16(13)23/h7-10,13,16H,1-6,11-12H2/t13-,16-/m0/s1. The summed E-state index contributed by atoms with van der Waals surface area (Å²) in [6.45, 7) is 0.892.